The summed E-state index contributed by atoms with van der Waals surface area (Å²) >= 11 is 0. The van der Waals surface area contributed by atoms with Gasteiger partial charge in [0.15, 0.2) is 15.6 Å². The lowest BCUT2D eigenvalue weighted by atomic mass is 10.2. The Balaban J connectivity index is 1.46. The summed E-state index contributed by atoms with van der Waals surface area (Å²) in [6, 6.07) is 22.6. The molecule has 0 saturated carbocycles. The average Bonchev–Trinajstić information content (AvgIpc) is 3.55. The van der Waals surface area contributed by atoms with Gasteiger partial charge in [0.25, 0.3) is 11.6 Å². The van der Waals surface area contributed by atoms with Crippen LogP contribution < -0.4 is 15.4 Å². The van der Waals surface area contributed by atoms with Crippen LogP contribution in [0.3, 0.4) is 0 Å². The first-order chi connectivity index (χ1) is 22.5. The van der Waals surface area contributed by atoms with Crippen molar-refractivity contribution in [3.63, 3.8) is 0 Å². The Labute approximate surface area is 269 Å². The number of aromatic nitrogens is 2. The predicted octanol–water partition coefficient (Wildman–Crippen LogP) is 6.03. The molecule has 1 heterocycles. The van der Waals surface area contributed by atoms with Gasteiger partial charge in [0, 0.05) is 30.5 Å². The fourth-order valence-electron chi connectivity index (χ4n) is 4.62. The molecule has 0 aliphatic carbocycles. The molecule has 0 spiro atoms. The van der Waals surface area contributed by atoms with Crippen LogP contribution in [0.25, 0.3) is 5.69 Å². The summed E-state index contributed by atoms with van der Waals surface area (Å²) in [4.78, 5) is 37.1. The number of anilines is 2. The SMILES string of the molecule is CCC(C(=O)Nc1cc(O)c(NC(=O)c2cnn(-c3ccccc3)c2)cc1Oc1ccc([N+](=O)[O-])cc1)S(=O)(=O)c1ccc(C)cc1. The zero-order valence-electron chi connectivity index (χ0n) is 25.2. The van der Waals surface area contributed by atoms with Crippen LogP contribution in [0.1, 0.15) is 29.3 Å². The van der Waals surface area contributed by atoms with Crippen LogP contribution >= 0.6 is 0 Å². The van der Waals surface area contributed by atoms with E-state index in [-0.39, 0.29) is 45.4 Å². The van der Waals surface area contributed by atoms with E-state index < -0.39 is 37.6 Å². The minimum absolute atomic E-state index is 0.0241. The van der Waals surface area contributed by atoms with Crippen molar-refractivity contribution in [2.75, 3.05) is 10.6 Å². The first-order valence-electron chi connectivity index (χ1n) is 14.3. The fraction of sp³-hybridized carbons (Fsp3) is 0.121. The Morgan fingerprint density at radius 1 is 0.979 bits per heavy atom. The lowest BCUT2D eigenvalue weighted by molar-refractivity contribution is -0.384. The van der Waals surface area contributed by atoms with Crippen molar-refractivity contribution in [2.24, 2.45) is 0 Å². The first kappa shape index (κ1) is 32.4. The number of aryl methyl sites for hydroxylation is 1. The number of ether oxygens (including phenoxy) is 1. The van der Waals surface area contributed by atoms with E-state index in [0.717, 1.165) is 17.3 Å². The molecule has 0 aliphatic heterocycles. The molecule has 1 unspecified atom stereocenters. The van der Waals surface area contributed by atoms with Gasteiger partial charge in [-0.15, -0.1) is 0 Å². The van der Waals surface area contributed by atoms with Crippen molar-refractivity contribution in [3.8, 4) is 22.9 Å². The second kappa shape index (κ2) is 13.5. The van der Waals surface area contributed by atoms with E-state index >= 15 is 0 Å². The summed E-state index contributed by atoms with van der Waals surface area (Å²) in [6.45, 7) is 3.36. The molecule has 0 saturated heterocycles. The van der Waals surface area contributed by atoms with Crippen molar-refractivity contribution in [1.29, 1.82) is 0 Å². The van der Waals surface area contributed by atoms with Gasteiger partial charge in [-0.25, -0.2) is 13.1 Å². The van der Waals surface area contributed by atoms with Gasteiger partial charge in [-0.1, -0.05) is 42.8 Å². The molecule has 13 nitrogen and oxygen atoms in total. The summed E-state index contributed by atoms with van der Waals surface area (Å²) in [6.07, 6.45) is 2.79. The number of nitro benzene ring substituents is 1. The molecule has 4 aromatic carbocycles. The van der Waals surface area contributed by atoms with Crippen LogP contribution in [0.5, 0.6) is 17.2 Å². The largest absolute Gasteiger partial charge is 0.506 e. The normalized spacial score (nSPS) is 11.8. The van der Waals surface area contributed by atoms with Crippen LogP contribution in [0, 0.1) is 17.0 Å². The van der Waals surface area contributed by atoms with E-state index in [9.17, 15) is 33.2 Å². The number of sulfone groups is 1. The van der Waals surface area contributed by atoms with Crippen molar-refractivity contribution >= 4 is 38.7 Å². The van der Waals surface area contributed by atoms with E-state index in [1.54, 1.807) is 19.1 Å². The lowest BCUT2D eigenvalue weighted by Crippen LogP contribution is -2.34. The maximum Gasteiger partial charge on any atom is 0.269 e. The van der Waals surface area contributed by atoms with Crippen LogP contribution in [0.15, 0.2) is 108 Å². The smallest absolute Gasteiger partial charge is 0.269 e. The van der Waals surface area contributed by atoms with Crippen molar-refractivity contribution in [2.45, 2.75) is 30.4 Å². The molecule has 0 radical (unpaired) electrons. The van der Waals surface area contributed by atoms with Gasteiger partial charge >= 0.3 is 0 Å². The number of phenolic OH excluding ortho intramolecular Hbond substituents is 1. The minimum Gasteiger partial charge on any atom is -0.506 e. The molecule has 47 heavy (non-hydrogen) atoms. The highest BCUT2D eigenvalue weighted by Crippen LogP contribution is 2.39. The van der Waals surface area contributed by atoms with Gasteiger partial charge in [-0.05, 0) is 49.7 Å². The van der Waals surface area contributed by atoms with Crippen LogP contribution in [-0.4, -0.2) is 45.3 Å². The molecule has 0 fully saturated rings. The summed E-state index contributed by atoms with van der Waals surface area (Å²) in [5.41, 5.74) is 1.35. The zero-order valence-corrected chi connectivity index (χ0v) is 26.0. The van der Waals surface area contributed by atoms with Gasteiger partial charge < -0.3 is 20.5 Å². The number of benzene rings is 4. The Hall–Kier alpha value is -6.02. The Morgan fingerprint density at radius 2 is 1.66 bits per heavy atom. The average molecular weight is 656 g/mol. The van der Waals surface area contributed by atoms with E-state index in [0.29, 0.717) is 0 Å². The number of nitrogens with one attached hydrogen (secondary N) is 2. The zero-order chi connectivity index (χ0) is 33.7. The second-order valence-electron chi connectivity index (χ2n) is 10.4. The molecular formula is C33H29N5O8S. The number of aromatic hydroxyl groups is 1. The van der Waals surface area contributed by atoms with Crippen LogP contribution in [-0.2, 0) is 14.6 Å². The third kappa shape index (κ3) is 7.28. The number of nitro groups is 1. The number of carbonyl (C=O) groups excluding carboxylic acids is 2. The standard InChI is InChI=1S/C33H29N5O8S/c1-3-31(47(44,45)26-15-9-21(2)10-16-26)33(41)36-28-17-29(39)27(18-30(28)46-25-13-11-24(12-14-25)38(42)43)35-32(40)22-19-34-37(20-22)23-7-5-4-6-8-23/h4-20,31,39H,3H2,1-2H3,(H,35,40)(H,36,41). The number of carbonyl (C=O) groups is 2. The molecule has 1 aromatic heterocycles. The number of amides is 2. The maximum absolute atomic E-state index is 13.5. The molecule has 0 aliphatic rings. The Morgan fingerprint density at radius 3 is 2.30 bits per heavy atom. The number of nitrogens with zero attached hydrogens (tertiary/aromatic N) is 3. The minimum atomic E-state index is -4.10. The van der Waals surface area contributed by atoms with Gasteiger partial charge in [0.2, 0.25) is 5.91 Å². The number of non-ortho nitro benzene ring substituents is 1. The van der Waals surface area contributed by atoms with E-state index in [1.807, 2.05) is 37.3 Å². The number of phenols is 1. The monoisotopic (exact) mass is 655 g/mol. The topological polar surface area (TPSA) is 183 Å². The van der Waals surface area contributed by atoms with Crippen LogP contribution in [0.4, 0.5) is 17.1 Å². The number of hydrogen-bond acceptors (Lipinski definition) is 9. The third-order valence-electron chi connectivity index (χ3n) is 7.13. The number of para-hydroxylation sites is 1. The number of hydrogen-bond donors (Lipinski definition) is 3. The van der Waals surface area contributed by atoms with Crippen molar-refractivity contribution in [1.82, 2.24) is 9.78 Å². The molecule has 2 amide bonds. The lowest BCUT2D eigenvalue weighted by Gasteiger charge is -2.19. The first-order valence-corrected chi connectivity index (χ1v) is 15.8. The predicted molar refractivity (Wildman–Crippen MR) is 174 cm³/mol. The van der Waals surface area contributed by atoms with Gasteiger partial charge in [0.05, 0.1) is 38.6 Å². The van der Waals surface area contributed by atoms with E-state index in [4.69, 9.17) is 4.74 Å². The molecule has 3 N–H and O–H groups in total. The fourth-order valence-corrected chi connectivity index (χ4v) is 6.24. The highest BCUT2D eigenvalue weighted by Gasteiger charge is 2.33. The van der Waals surface area contributed by atoms with Gasteiger partial charge in [0.1, 0.15) is 16.7 Å². The quantitative estimate of drug-likeness (QED) is 0.0869. The molecule has 5 rings (SSSR count). The van der Waals surface area contributed by atoms with Gasteiger partial charge in [-0.3, -0.25) is 19.7 Å². The highest BCUT2D eigenvalue weighted by molar-refractivity contribution is 7.92. The summed E-state index contributed by atoms with van der Waals surface area (Å²) in [5.74, 6) is -1.93. The molecule has 240 valence electrons. The Kier molecular flexibility index (Phi) is 9.33. The molecule has 1 atom stereocenters. The molecule has 5 aromatic rings. The van der Waals surface area contributed by atoms with Crippen LogP contribution in [0.2, 0.25) is 0 Å². The second-order valence-corrected chi connectivity index (χ2v) is 12.6. The number of rotatable bonds is 11. The highest BCUT2D eigenvalue weighted by atomic mass is 32.2. The van der Waals surface area contributed by atoms with E-state index in [1.165, 1.54) is 59.5 Å². The molecular weight excluding hydrogens is 626 g/mol. The summed E-state index contributed by atoms with van der Waals surface area (Å²) in [5, 5.41) is 29.9. The summed E-state index contributed by atoms with van der Waals surface area (Å²) < 4.78 is 34.2. The summed E-state index contributed by atoms with van der Waals surface area (Å²) in [7, 11) is -4.10. The Bertz CT molecular complexity index is 2050. The van der Waals surface area contributed by atoms with Crippen molar-refractivity contribution < 1.29 is 32.8 Å². The third-order valence-corrected chi connectivity index (χ3v) is 9.36. The van der Waals surface area contributed by atoms with E-state index in [2.05, 4.69) is 15.7 Å². The molecule has 14 heteroatoms. The van der Waals surface area contributed by atoms with Gasteiger partial charge in [-0.2, -0.15) is 5.10 Å². The molecule has 0 bridgehead atoms. The van der Waals surface area contributed by atoms with Crippen molar-refractivity contribution in [3.05, 3.63) is 125 Å². The maximum atomic E-state index is 13.5.